The molecule has 3 N–H and O–H groups in total. The Kier molecular flexibility index (Phi) is 4.66. The van der Waals surface area contributed by atoms with E-state index in [-0.39, 0.29) is 18.2 Å². The fraction of sp³-hybridized carbons (Fsp3) is 0.357. The first kappa shape index (κ1) is 15.1. The molecule has 1 aromatic rings. The molecule has 0 fully saturated rings. The van der Waals surface area contributed by atoms with Crippen molar-refractivity contribution in [3.63, 3.8) is 0 Å². The highest BCUT2D eigenvalue weighted by Crippen LogP contribution is 2.13. The van der Waals surface area contributed by atoms with Crippen LogP contribution in [0.4, 0.5) is 0 Å². The third-order valence-corrected chi connectivity index (χ3v) is 3.21. The van der Waals surface area contributed by atoms with Crippen molar-refractivity contribution in [2.24, 2.45) is 10.7 Å². The van der Waals surface area contributed by atoms with Crippen molar-refractivity contribution in [3.05, 3.63) is 35.9 Å². The Balaban J connectivity index is 2.19. The number of ether oxygens (including phenoxy) is 1. The van der Waals surface area contributed by atoms with Crippen LogP contribution in [0.1, 0.15) is 5.56 Å². The Labute approximate surface area is 122 Å². The maximum absolute atomic E-state index is 12.2. The number of hydrogen-bond donors (Lipinski definition) is 2. The highest BCUT2D eigenvalue weighted by atomic mass is 16.5. The Morgan fingerprint density at radius 3 is 2.71 bits per heavy atom. The number of rotatable bonds is 4. The van der Waals surface area contributed by atoms with Crippen LogP contribution in [-0.2, 0) is 20.9 Å². The molecule has 2 rings (SSSR count). The lowest BCUT2D eigenvalue weighted by Crippen LogP contribution is -2.57. The zero-order valence-electron chi connectivity index (χ0n) is 11.9. The minimum Gasteiger partial charge on any atom is -0.357 e. The predicted molar refractivity (Wildman–Crippen MR) is 77.3 cm³/mol. The van der Waals surface area contributed by atoms with Gasteiger partial charge in [0, 0.05) is 14.1 Å². The second-order valence-corrected chi connectivity index (χ2v) is 4.63. The first-order valence-electron chi connectivity index (χ1n) is 6.52. The molecule has 7 heteroatoms. The van der Waals surface area contributed by atoms with Gasteiger partial charge < -0.3 is 15.0 Å². The molecule has 1 aliphatic rings. The van der Waals surface area contributed by atoms with Crippen LogP contribution < -0.4 is 11.1 Å². The van der Waals surface area contributed by atoms with Gasteiger partial charge in [0.25, 0.3) is 11.8 Å². The molecule has 0 aromatic heterocycles. The third kappa shape index (κ3) is 3.26. The topological polar surface area (TPSA) is 97.0 Å². The average Bonchev–Trinajstić information content (AvgIpc) is 2.51. The summed E-state index contributed by atoms with van der Waals surface area (Å²) in [5, 5.41) is 2.44. The summed E-state index contributed by atoms with van der Waals surface area (Å²) in [7, 11) is 2.99. The van der Waals surface area contributed by atoms with Gasteiger partial charge in [0.05, 0.1) is 6.61 Å². The number of nitrogens with two attached hydrogens (primary N) is 1. The van der Waals surface area contributed by atoms with Crippen LogP contribution in [0.25, 0.3) is 0 Å². The lowest BCUT2D eigenvalue weighted by atomic mass is 10.1. The SMILES string of the molecule is CNC(=O)C1=NC(N)N(C)C(=O)C1OCc1ccccc1. The summed E-state index contributed by atoms with van der Waals surface area (Å²) in [5.41, 5.74) is 6.61. The molecule has 2 amide bonds. The number of amides is 2. The number of hydrogen-bond acceptors (Lipinski definition) is 5. The summed E-state index contributed by atoms with van der Waals surface area (Å²) in [6.45, 7) is 0.205. The van der Waals surface area contributed by atoms with Gasteiger partial charge in [0.1, 0.15) is 5.71 Å². The zero-order valence-corrected chi connectivity index (χ0v) is 11.9. The van der Waals surface area contributed by atoms with E-state index in [1.54, 1.807) is 0 Å². The molecule has 0 saturated carbocycles. The fourth-order valence-corrected chi connectivity index (χ4v) is 1.94. The van der Waals surface area contributed by atoms with E-state index >= 15 is 0 Å². The van der Waals surface area contributed by atoms with E-state index < -0.39 is 18.3 Å². The molecule has 0 aliphatic carbocycles. The van der Waals surface area contributed by atoms with Crippen molar-refractivity contribution in [1.29, 1.82) is 0 Å². The van der Waals surface area contributed by atoms with E-state index in [1.807, 2.05) is 30.3 Å². The Hall–Kier alpha value is -2.25. The van der Waals surface area contributed by atoms with Gasteiger partial charge in [0.2, 0.25) is 0 Å². The van der Waals surface area contributed by atoms with Gasteiger partial charge in [-0.25, -0.2) is 4.99 Å². The van der Waals surface area contributed by atoms with Gasteiger partial charge in [-0.05, 0) is 5.56 Å². The van der Waals surface area contributed by atoms with Crippen LogP contribution in [0.2, 0.25) is 0 Å². The van der Waals surface area contributed by atoms with E-state index in [1.165, 1.54) is 19.0 Å². The Morgan fingerprint density at radius 2 is 2.10 bits per heavy atom. The monoisotopic (exact) mass is 290 g/mol. The molecule has 2 atom stereocenters. The normalized spacial score (nSPS) is 22.0. The summed E-state index contributed by atoms with van der Waals surface area (Å²) < 4.78 is 5.60. The van der Waals surface area contributed by atoms with E-state index in [0.29, 0.717) is 0 Å². The highest BCUT2D eigenvalue weighted by molar-refractivity contribution is 6.44. The van der Waals surface area contributed by atoms with Crippen LogP contribution in [0, 0.1) is 0 Å². The molecule has 1 aromatic carbocycles. The van der Waals surface area contributed by atoms with Crippen LogP contribution >= 0.6 is 0 Å². The lowest BCUT2D eigenvalue weighted by molar-refractivity contribution is -0.143. The molecule has 7 nitrogen and oxygen atoms in total. The average molecular weight is 290 g/mol. The summed E-state index contributed by atoms with van der Waals surface area (Å²) in [6, 6.07) is 9.38. The third-order valence-electron chi connectivity index (χ3n) is 3.21. The number of likely N-dealkylation sites (N-methyl/N-ethyl adjacent to an activating group) is 1. The van der Waals surface area contributed by atoms with Crippen LogP contribution in [0.15, 0.2) is 35.3 Å². The Bertz CT molecular complexity index is 559. The molecule has 0 spiro atoms. The van der Waals surface area contributed by atoms with Crippen LogP contribution in [0.5, 0.6) is 0 Å². The van der Waals surface area contributed by atoms with E-state index in [2.05, 4.69) is 10.3 Å². The van der Waals surface area contributed by atoms with E-state index in [4.69, 9.17) is 10.5 Å². The molecule has 1 heterocycles. The molecule has 1 aliphatic heterocycles. The molecule has 0 radical (unpaired) electrons. The first-order valence-corrected chi connectivity index (χ1v) is 6.52. The van der Waals surface area contributed by atoms with Gasteiger partial charge in [0.15, 0.2) is 12.4 Å². The van der Waals surface area contributed by atoms with Crippen molar-refractivity contribution in [2.45, 2.75) is 19.0 Å². The van der Waals surface area contributed by atoms with Crippen molar-refractivity contribution in [1.82, 2.24) is 10.2 Å². The quantitative estimate of drug-likeness (QED) is 0.779. The molecular formula is C14H18N4O3. The number of aliphatic imine (C=N–C) groups is 1. The van der Waals surface area contributed by atoms with Gasteiger partial charge in [-0.1, -0.05) is 30.3 Å². The van der Waals surface area contributed by atoms with Crippen molar-refractivity contribution >= 4 is 17.5 Å². The number of nitrogens with zero attached hydrogens (tertiary/aromatic N) is 2. The van der Waals surface area contributed by atoms with Crippen molar-refractivity contribution in [3.8, 4) is 0 Å². The largest absolute Gasteiger partial charge is 0.357 e. The summed E-state index contributed by atoms with van der Waals surface area (Å²) >= 11 is 0. The summed E-state index contributed by atoms with van der Waals surface area (Å²) in [4.78, 5) is 29.4. The maximum Gasteiger partial charge on any atom is 0.268 e. The van der Waals surface area contributed by atoms with Gasteiger partial charge >= 0.3 is 0 Å². The molecule has 112 valence electrons. The summed E-state index contributed by atoms with van der Waals surface area (Å²) in [6.07, 6.45) is -1.92. The van der Waals surface area contributed by atoms with Crippen molar-refractivity contribution in [2.75, 3.05) is 14.1 Å². The second-order valence-electron chi connectivity index (χ2n) is 4.63. The standard InChI is InChI=1S/C14H18N4O3/c1-16-12(19)10-11(13(20)18(2)14(15)17-10)21-8-9-6-4-3-5-7-9/h3-7,11,14H,8,15H2,1-2H3,(H,16,19). The highest BCUT2D eigenvalue weighted by Gasteiger charge is 2.38. The number of carbonyl (C=O) groups excluding carboxylic acids is 2. The predicted octanol–water partition coefficient (Wildman–Crippen LogP) is -0.527. The molecule has 0 bridgehead atoms. The van der Waals surface area contributed by atoms with Gasteiger partial charge in [-0.3, -0.25) is 15.3 Å². The summed E-state index contributed by atoms with van der Waals surface area (Å²) in [5.74, 6) is -0.850. The second kappa shape index (κ2) is 6.47. The smallest absolute Gasteiger partial charge is 0.268 e. The van der Waals surface area contributed by atoms with E-state index in [0.717, 1.165) is 5.56 Å². The van der Waals surface area contributed by atoms with Gasteiger partial charge in [-0.15, -0.1) is 0 Å². The minimum atomic E-state index is -1.05. The number of nitrogens with one attached hydrogen (secondary N) is 1. The molecule has 21 heavy (non-hydrogen) atoms. The first-order chi connectivity index (χ1) is 10.0. The van der Waals surface area contributed by atoms with Crippen LogP contribution in [0.3, 0.4) is 0 Å². The molecule has 2 unspecified atom stereocenters. The molecule has 0 saturated heterocycles. The molecular weight excluding hydrogens is 272 g/mol. The number of carbonyl (C=O) groups is 2. The van der Waals surface area contributed by atoms with Crippen molar-refractivity contribution < 1.29 is 14.3 Å². The fourth-order valence-electron chi connectivity index (χ4n) is 1.94. The minimum absolute atomic E-state index is 0.00373. The zero-order chi connectivity index (χ0) is 15.4. The maximum atomic E-state index is 12.2. The van der Waals surface area contributed by atoms with E-state index in [9.17, 15) is 9.59 Å². The Morgan fingerprint density at radius 1 is 1.43 bits per heavy atom. The van der Waals surface area contributed by atoms with Crippen LogP contribution in [-0.4, -0.2) is 48.9 Å². The number of benzene rings is 1. The lowest BCUT2D eigenvalue weighted by Gasteiger charge is -2.32. The van der Waals surface area contributed by atoms with Gasteiger partial charge in [-0.2, -0.15) is 0 Å².